The number of nitrogens with zero attached hydrogens (tertiary/aromatic N) is 4. The van der Waals surface area contributed by atoms with Gasteiger partial charge in [-0.15, -0.1) is 24.0 Å². The van der Waals surface area contributed by atoms with E-state index in [0.717, 1.165) is 45.2 Å². The van der Waals surface area contributed by atoms with Crippen LogP contribution in [0.1, 0.15) is 25.8 Å². The number of nitrogens with one attached hydrogen (secondary N) is 1. The minimum Gasteiger partial charge on any atom is -0.381 e. The number of guanidine groups is 1. The zero-order valence-electron chi connectivity index (χ0n) is 14.0. The van der Waals surface area contributed by atoms with Crippen molar-refractivity contribution in [2.45, 2.75) is 26.8 Å². The van der Waals surface area contributed by atoms with Crippen molar-refractivity contribution in [1.82, 2.24) is 20.0 Å². The molecule has 1 aromatic rings. The molecule has 0 saturated carbocycles. The fourth-order valence-corrected chi connectivity index (χ4v) is 2.47. The molecule has 2 heterocycles. The van der Waals surface area contributed by atoms with Crippen LogP contribution in [0, 0.1) is 5.41 Å². The van der Waals surface area contributed by atoms with Crippen molar-refractivity contribution in [3.63, 3.8) is 0 Å². The van der Waals surface area contributed by atoms with Crippen LogP contribution in [0.3, 0.4) is 0 Å². The second-order valence-electron chi connectivity index (χ2n) is 6.16. The molecule has 7 heteroatoms. The third-order valence-corrected chi connectivity index (χ3v) is 3.79. The summed E-state index contributed by atoms with van der Waals surface area (Å²) in [5, 5.41) is 7.57. The highest BCUT2D eigenvalue weighted by molar-refractivity contribution is 14.0. The van der Waals surface area contributed by atoms with E-state index in [4.69, 9.17) is 9.73 Å². The van der Waals surface area contributed by atoms with E-state index in [1.54, 1.807) is 0 Å². The molecule has 0 bridgehead atoms. The first-order chi connectivity index (χ1) is 10.0. The van der Waals surface area contributed by atoms with E-state index in [1.807, 2.05) is 24.1 Å². The first-order valence-electron chi connectivity index (χ1n) is 7.57. The van der Waals surface area contributed by atoms with Gasteiger partial charge in [0.25, 0.3) is 0 Å². The number of hydrogen-bond acceptors (Lipinski definition) is 3. The summed E-state index contributed by atoms with van der Waals surface area (Å²) >= 11 is 0. The van der Waals surface area contributed by atoms with Gasteiger partial charge in [-0.2, -0.15) is 5.10 Å². The molecule has 6 nitrogen and oxygen atoms in total. The van der Waals surface area contributed by atoms with Crippen LogP contribution in [0.4, 0.5) is 0 Å². The van der Waals surface area contributed by atoms with E-state index in [1.165, 1.54) is 5.56 Å². The molecule has 2 rings (SSSR count). The standard InChI is InChI=1S/C15H27N5O.HI/c1-5-16-14(17-11-15(2)6-7-21-12-15)19(3)9-13-8-18-20(4)10-13;/h8,10H,5-7,9,11-12H2,1-4H3,(H,16,17);1H. The van der Waals surface area contributed by atoms with E-state index < -0.39 is 0 Å². The number of ether oxygens (including phenoxy) is 1. The van der Waals surface area contributed by atoms with Crippen molar-refractivity contribution in [2.75, 3.05) is 33.4 Å². The van der Waals surface area contributed by atoms with Gasteiger partial charge >= 0.3 is 0 Å². The number of aliphatic imine (C=N–C) groups is 1. The molecular formula is C15H28IN5O. The van der Waals surface area contributed by atoms with Crippen LogP contribution >= 0.6 is 24.0 Å². The Morgan fingerprint density at radius 3 is 2.91 bits per heavy atom. The van der Waals surface area contributed by atoms with Crippen LogP contribution in [0.2, 0.25) is 0 Å². The Labute approximate surface area is 150 Å². The molecule has 1 N–H and O–H groups in total. The Bertz CT molecular complexity index is 482. The quantitative estimate of drug-likeness (QED) is 0.448. The van der Waals surface area contributed by atoms with Gasteiger partial charge in [0.05, 0.1) is 19.3 Å². The molecule has 22 heavy (non-hydrogen) atoms. The SMILES string of the molecule is CCNC(=NCC1(C)CCOC1)N(C)Cc1cnn(C)c1.I. The fraction of sp³-hybridized carbons (Fsp3) is 0.733. The van der Waals surface area contributed by atoms with Crippen molar-refractivity contribution in [2.24, 2.45) is 17.5 Å². The summed E-state index contributed by atoms with van der Waals surface area (Å²) in [5.74, 6) is 0.939. The molecule has 1 aliphatic rings. The zero-order chi connectivity index (χ0) is 15.3. The van der Waals surface area contributed by atoms with E-state index in [2.05, 4.69) is 36.2 Å². The number of hydrogen-bond donors (Lipinski definition) is 1. The Hall–Kier alpha value is -0.830. The van der Waals surface area contributed by atoms with Gasteiger partial charge in [0, 0.05) is 51.0 Å². The lowest BCUT2D eigenvalue weighted by atomic mass is 9.90. The molecule has 0 aliphatic carbocycles. The average Bonchev–Trinajstić information content (AvgIpc) is 3.04. The molecular weight excluding hydrogens is 393 g/mol. The Morgan fingerprint density at radius 2 is 2.36 bits per heavy atom. The highest BCUT2D eigenvalue weighted by Gasteiger charge is 2.29. The van der Waals surface area contributed by atoms with E-state index in [-0.39, 0.29) is 29.4 Å². The van der Waals surface area contributed by atoms with E-state index in [9.17, 15) is 0 Å². The van der Waals surface area contributed by atoms with Gasteiger partial charge in [0.1, 0.15) is 0 Å². The number of rotatable bonds is 5. The third-order valence-electron chi connectivity index (χ3n) is 3.79. The van der Waals surface area contributed by atoms with Crippen LogP contribution in [-0.2, 0) is 18.3 Å². The van der Waals surface area contributed by atoms with Gasteiger partial charge in [-0.3, -0.25) is 9.67 Å². The minimum absolute atomic E-state index is 0. The maximum atomic E-state index is 5.50. The predicted molar refractivity (Wildman–Crippen MR) is 99.6 cm³/mol. The topological polar surface area (TPSA) is 54.7 Å². The summed E-state index contributed by atoms with van der Waals surface area (Å²) in [7, 11) is 3.99. The fourth-order valence-electron chi connectivity index (χ4n) is 2.47. The smallest absolute Gasteiger partial charge is 0.193 e. The van der Waals surface area contributed by atoms with Crippen molar-refractivity contribution >= 4 is 29.9 Å². The highest BCUT2D eigenvalue weighted by Crippen LogP contribution is 2.27. The lowest BCUT2D eigenvalue weighted by molar-refractivity contribution is 0.162. The molecule has 0 spiro atoms. The van der Waals surface area contributed by atoms with Crippen LogP contribution < -0.4 is 5.32 Å². The Balaban J connectivity index is 0.00000242. The first-order valence-corrected chi connectivity index (χ1v) is 7.57. The summed E-state index contributed by atoms with van der Waals surface area (Å²) < 4.78 is 7.32. The number of aromatic nitrogens is 2. The molecule has 0 radical (unpaired) electrons. The van der Waals surface area contributed by atoms with Gasteiger partial charge < -0.3 is 15.0 Å². The van der Waals surface area contributed by atoms with Crippen LogP contribution in [-0.4, -0.2) is 54.0 Å². The lowest BCUT2D eigenvalue weighted by Gasteiger charge is -2.24. The molecule has 126 valence electrons. The number of halogens is 1. The van der Waals surface area contributed by atoms with Crippen LogP contribution in [0.5, 0.6) is 0 Å². The summed E-state index contributed by atoms with van der Waals surface area (Å²) in [5.41, 5.74) is 1.36. The van der Waals surface area contributed by atoms with Gasteiger partial charge in [-0.25, -0.2) is 0 Å². The minimum atomic E-state index is 0. The molecule has 1 atom stereocenters. The van der Waals surface area contributed by atoms with Crippen molar-refractivity contribution in [1.29, 1.82) is 0 Å². The normalized spacial score (nSPS) is 21.5. The summed E-state index contributed by atoms with van der Waals surface area (Å²) in [6, 6.07) is 0. The van der Waals surface area contributed by atoms with Crippen LogP contribution in [0.25, 0.3) is 0 Å². The maximum Gasteiger partial charge on any atom is 0.193 e. The molecule has 1 aromatic heterocycles. The molecule has 1 unspecified atom stereocenters. The lowest BCUT2D eigenvalue weighted by Crippen LogP contribution is -2.39. The largest absolute Gasteiger partial charge is 0.381 e. The predicted octanol–water partition coefficient (Wildman–Crippen LogP) is 1.86. The van der Waals surface area contributed by atoms with Crippen molar-refractivity contribution in [3.05, 3.63) is 18.0 Å². The molecule has 0 amide bonds. The first kappa shape index (κ1) is 19.2. The summed E-state index contributed by atoms with van der Waals surface area (Å²) in [6.07, 6.45) is 5.01. The Morgan fingerprint density at radius 1 is 1.59 bits per heavy atom. The van der Waals surface area contributed by atoms with Gasteiger partial charge in [0.2, 0.25) is 0 Å². The van der Waals surface area contributed by atoms with Gasteiger partial charge in [-0.05, 0) is 13.3 Å². The average molecular weight is 421 g/mol. The second-order valence-corrected chi connectivity index (χ2v) is 6.16. The molecule has 0 aromatic carbocycles. The monoisotopic (exact) mass is 421 g/mol. The van der Waals surface area contributed by atoms with Crippen LogP contribution in [0.15, 0.2) is 17.4 Å². The Kier molecular flexibility index (Phi) is 7.61. The van der Waals surface area contributed by atoms with Gasteiger partial charge in [0.15, 0.2) is 5.96 Å². The summed E-state index contributed by atoms with van der Waals surface area (Å²) in [4.78, 5) is 6.93. The molecule has 1 saturated heterocycles. The maximum absolute atomic E-state index is 5.50. The zero-order valence-corrected chi connectivity index (χ0v) is 16.3. The third kappa shape index (κ3) is 5.42. The highest BCUT2D eigenvalue weighted by atomic mass is 127. The van der Waals surface area contributed by atoms with Crippen molar-refractivity contribution < 1.29 is 4.74 Å². The number of aryl methyl sites for hydroxylation is 1. The van der Waals surface area contributed by atoms with Gasteiger partial charge in [-0.1, -0.05) is 6.92 Å². The molecule has 1 aliphatic heterocycles. The van der Waals surface area contributed by atoms with E-state index in [0.29, 0.717) is 0 Å². The van der Waals surface area contributed by atoms with E-state index >= 15 is 0 Å². The second kappa shape index (κ2) is 8.71. The van der Waals surface area contributed by atoms with Crippen molar-refractivity contribution in [3.8, 4) is 0 Å². The molecule has 1 fully saturated rings. The summed E-state index contributed by atoms with van der Waals surface area (Å²) in [6.45, 7) is 8.46.